The van der Waals surface area contributed by atoms with Crippen molar-refractivity contribution in [3.05, 3.63) is 46.2 Å². The van der Waals surface area contributed by atoms with Gasteiger partial charge in [-0.25, -0.2) is 4.98 Å². The van der Waals surface area contributed by atoms with E-state index in [-0.39, 0.29) is 18.1 Å². The first kappa shape index (κ1) is 15.1. The van der Waals surface area contributed by atoms with Crippen molar-refractivity contribution >= 4 is 17.2 Å². The van der Waals surface area contributed by atoms with Gasteiger partial charge in [-0.1, -0.05) is 6.07 Å². The molecular weight excluding hydrogens is 298 g/mol. The van der Waals surface area contributed by atoms with Gasteiger partial charge in [-0.2, -0.15) is 0 Å². The topological polar surface area (TPSA) is 75.1 Å². The molecule has 1 aliphatic rings. The first-order chi connectivity index (χ1) is 10.6. The Morgan fingerprint density at radius 3 is 2.91 bits per heavy atom. The van der Waals surface area contributed by atoms with Gasteiger partial charge in [0.1, 0.15) is 5.69 Å². The van der Waals surface area contributed by atoms with E-state index in [1.807, 2.05) is 25.1 Å². The van der Waals surface area contributed by atoms with Crippen LogP contribution in [0.3, 0.4) is 0 Å². The molecule has 0 aliphatic heterocycles. The molecule has 2 aromatic rings. The molecule has 0 bridgehead atoms. The Morgan fingerprint density at radius 2 is 2.32 bits per heavy atom. The molecule has 0 aromatic carbocycles. The van der Waals surface area contributed by atoms with Crippen LogP contribution in [-0.2, 0) is 6.42 Å². The summed E-state index contributed by atoms with van der Waals surface area (Å²) in [6.07, 6.45) is 3.65. The number of carbonyl (C=O) groups is 1. The fourth-order valence-electron chi connectivity index (χ4n) is 2.75. The van der Waals surface area contributed by atoms with Gasteiger partial charge in [0.05, 0.1) is 11.1 Å². The number of thiazole rings is 1. The van der Waals surface area contributed by atoms with E-state index in [1.165, 1.54) is 11.3 Å². The highest BCUT2D eigenvalue weighted by molar-refractivity contribution is 7.09. The fourth-order valence-corrected chi connectivity index (χ4v) is 3.34. The molecule has 1 atom stereocenters. The highest BCUT2D eigenvalue weighted by atomic mass is 32.1. The Hall–Kier alpha value is -1.79. The maximum atomic E-state index is 12.3. The molecule has 2 aromatic heterocycles. The summed E-state index contributed by atoms with van der Waals surface area (Å²) < 4.78 is 0. The summed E-state index contributed by atoms with van der Waals surface area (Å²) in [6, 6.07) is 5.76. The lowest BCUT2D eigenvalue weighted by molar-refractivity contribution is 0.0237. The SMILES string of the molecule is Cc1nc(C(=O)N[C@@H](Cc2ccccn2)C2CC(O)C2)cs1. The van der Waals surface area contributed by atoms with Crippen molar-refractivity contribution in [2.24, 2.45) is 5.92 Å². The number of rotatable bonds is 5. The molecule has 2 heterocycles. The molecule has 0 spiro atoms. The lowest BCUT2D eigenvalue weighted by Crippen LogP contribution is -2.48. The molecule has 0 saturated heterocycles. The predicted octanol–water partition coefficient (Wildman–Crippen LogP) is 1.96. The van der Waals surface area contributed by atoms with E-state index >= 15 is 0 Å². The number of nitrogens with one attached hydrogen (secondary N) is 1. The first-order valence-electron chi connectivity index (χ1n) is 7.43. The van der Waals surface area contributed by atoms with E-state index in [1.54, 1.807) is 11.6 Å². The van der Waals surface area contributed by atoms with Crippen LogP contribution in [0.2, 0.25) is 0 Å². The van der Waals surface area contributed by atoms with Gasteiger partial charge < -0.3 is 10.4 Å². The summed E-state index contributed by atoms with van der Waals surface area (Å²) in [7, 11) is 0. The second-order valence-electron chi connectivity index (χ2n) is 5.74. The van der Waals surface area contributed by atoms with Crippen LogP contribution in [0.5, 0.6) is 0 Å². The van der Waals surface area contributed by atoms with E-state index in [0.29, 0.717) is 18.0 Å². The van der Waals surface area contributed by atoms with Crippen LogP contribution < -0.4 is 5.32 Å². The zero-order valence-electron chi connectivity index (χ0n) is 12.4. The molecule has 0 radical (unpaired) electrons. The van der Waals surface area contributed by atoms with Crippen LogP contribution in [0.15, 0.2) is 29.8 Å². The van der Waals surface area contributed by atoms with Crippen LogP contribution in [0.25, 0.3) is 0 Å². The summed E-state index contributed by atoms with van der Waals surface area (Å²) in [5.41, 5.74) is 1.41. The lowest BCUT2D eigenvalue weighted by Gasteiger charge is -2.37. The van der Waals surface area contributed by atoms with E-state index in [0.717, 1.165) is 23.5 Å². The van der Waals surface area contributed by atoms with E-state index in [4.69, 9.17) is 0 Å². The van der Waals surface area contributed by atoms with Crippen molar-refractivity contribution in [1.82, 2.24) is 15.3 Å². The Kier molecular flexibility index (Phi) is 4.49. The van der Waals surface area contributed by atoms with Gasteiger partial charge in [0.2, 0.25) is 0 Å². The normalized spacial score (nSPS) is 21.9. The first-order valence-corrected chi connectivity index (χ1v) is 8.30. The summed E-state index contributed by atoms with van der Waals surface area (Å²) >= 11 is 1.47. The monoisotopic (exact) mass is 317 g/mol. The molecule has 116 valence electrons. The molecule has 22 heavy (non-hydrogen) atoms. The minimum Gasteiger partial charge on any atom is -0.393 e. The van der Waals surface area contributed by atoms with Gasteiger partial charge in [0.15, 0.2) is 0 Å². The summed E-state index contributed by atoms with van der Waals surface area (Å²) in [5.74, 6) is 0.146. The summed E-state index contributed by atoms with van der Waals surface area (Å²) in [6.45, 7) is 1.88. The van der Waals surface area contributed by atoms with Gasteiger partial charge in [-0.3, -0.25) is 9.78 Å². The standard InChI is InChI=1S/C16H19N3O2S/c1-10-18-15(9-22-10)16(21)19-14(11-6-13(20)7-11)8-12-4-2-3-5-17-12/h2-5,9,11,13-14,20H,6-8H2,1H3,(H,19,21)/t11?,13?,14-/m0/s1. The number of nitrogens with zero attached hydrogens (tertiary/aromatic N) is 2. The van der Waals surface area contributed by atoms with Crippen molar-refractivity contribution < 1.29 is 9.90 Å². The highest BCUT2D eigenvalue weighted by Gasteiger charge is 2.35. The van der Waals surface area contributed by atoms with Gasteiger partial charge in [-0.05, 0) is 37.8 Å². The van der Waals surface area contributed by atoms with E-state index in [2.05, 4.69) is 15.3 Å². The number of hydrogen-bond acceptors (Lipinski definition) is 5. The Balaban J connectivity index is 1.69. The summed E-state index contributed by atoms with van der Waals surface area (Å²) in [4.78, 5) is 20.9. The van der Waals surface area contributed by atoms with Gasteiger partial charge >= 0.3 is 0 Å². The van der Waals surface area contributed by atoms with Crippen LogP contribution in [0.4, 0.5) is 0 Å². The minimum absolute atomic E-state index is 0.0205. The van der Waals surface area contributed by atoms with Gasteiger partial charge in [0.25, 0.3) is 5.91 Å². The molecule has 1 amide bonds. The second-order valence-corrected chi connectivity index (χ2v) is 6.80. The quantitative estimate of drug-likeness (QED) is 0.884. The number of aliphatic hydroxyl groups excluding tert-OH is 1. The average molecular weight is 317 g/mol. The van der Waals surface area contributed by atoms with Crippen molar-refractivity contribution in [2.45, 2.75) is 38.3 Å². The lowest BCUT2D eigenvalue weighted by atomic mass is 9.76. The molecule has 1 saturated carbocycles. The fraction of sp³-hybridized carbons (Fsp3) is 0.438. The van der Waals surface area contributed by atoms with Crippen LogP contribution >= 0.6 is 11.3 Å². The van der Waals surface area contributed by atoms with Crippen molar-refractivity contribution in [2.75, 3.05) is 0 Å². The third-order valence-corrected chi connectivity index (χ3v) is 4.82. The zero-order valence-corrected chi connectivity index (χ0v) is 13.2. The molecule has 1 aliphatic carbocycles. The number of aromatic nitrogens is 2. The predicted molar refractivity (Wildman–Crippen MR) is 84.8 cm³/mol. The molecule has 2 N–H and O–H groups in total. The Morgan fingerprint density at radius 1 is 1.50 bits per heavy atom. The van der Waals surface area contributed by atoms with E-state index < -0.39 is 0 Å². The van der Waals surface area contributed by atoms with Crippen molar-refractivity contribution in [3.63, 3.8) is 0 Å². The zero-order chi connectivity index (χ0) is 15.5. The average Bonchev–Trinajstić information content (AvgIpc) is 2.91. The maximum Gasteiger partial charge on any atom is 0.270 e. The Bertz CT molecular complexity index is 638. The number of carbonyl (C=O) groups excluding carboxylic acids is 1. The third-order valence-electron chi connectivity index (χ3n) is 4.04. The van der Waals surface area contributed by atoms with Crippen LogP contribution in [-0.4, -0.2) is 33.1 Å². The van der Waals surface area contributed by atoms with Gasteiger partial charge in [0, 0.05) is 29.7 Å². The van der Waals surface area contributed by atoms with Crippen molar-refractivity contribution in [1.29, 1.82) is 0 Å². The molecule has 1 fully saturated rings. The minimum atomic E-state index is -0.241. The molecule has 5 nitrogen and oxygen atoms in total. The Labute approximate surface area is 133 Å². The number of aliphatic hydroxyl groups is 1. The van der Waals surface area contributed by atoms with Gasteiger partial charge in [-0.15, -0.1) is 11.3 Å². The number of pyridine rings is 1. The second kappa shape index (κ2) is 6.54. The third kappa shape index (κ3) is 3.51. The van der Waals surface area contributed by atoms with Crippen LogP contribution in [0.1, 0.15) is 34.0 Å². The number of aryl methyl sites for hydroxylation is 1. The molecule has 3 rings (SSSR count). The maximum absolute atomic E-state index is 12.3. The number of amides is 1. The highest BCUT2D eigenvalue weighted by Crippen LogP contribution is 2.31. The molecule has 6 heteroatoms. The largest absolute Gasteiger partial charge is 0.393 e. The smallest absolute Gasteiger partial charge is 0.270 e. The molecule has 0 unspecified atom stereocenters. The summed E-state index contributed by atoms with van der Waals surface area (Å²) in [5, 5.41) is 15.3. The van der Waals surface area contributed by atoms with Crippen molar-refractivity contribution in [3.8, 4) is 0 Å². The van der Waals surface area contributed by atoms with E-state index in [9.17, 15) is 9.90 Å². The number of hydrogen-bond donors (Lipinski definition) is 2. The van der Waals surface area contributed by atoms with Crippen LogP contribution in [0, 0.1) is 12.8 Å². The molecular formula is C16H19N3O2S.